The Morgan fingerprint density at radius 3 is 1.46 bits per heavy atom. The fourth-order valence-electron chi connectivity index (χ4n) is 3.29. The number of Topliss-reactive ketones (excluding diaryl/α,β-unsaturated/α-hetero) is 1. The van der Waals surface area contributed by atoms with Crippen molar-refractivity contribution < 1.29 is 19.2 Å². The molecular formula is C27H48N6O4. The van der Waals surface area contributed by atoms with Crippen LogP contribution < -0.4 is 10.6 Å². The average Bonchev–Trinajstić information content (AvgIpc) is 2.86. The van der Waals surface area contributed by atoms with E-state index in [4.69, 9.17) is 0 Å². The summed E-state index contributed by atoms with van der Waals surface area (Å²) in [5.74, 6) is 0.347. The lowest BCUT2D eigenvalue weighted by Gasteiger charge is -2.32. The fraction of sp³-hybridized carbons (Fsp3) is 0.630. The maximum atomic E-state index is 11.4. The molecule has 0 bridgehead atoms. The molecule has 0 unspecified atom stereocenters. The lowest BCUT2D eigenvalue weighted by Crippen LogP contribution is -2.46. The van der Waals surface area contributed by atoms with Gasteiger partial charge in [-0.2, -0.15) is 0 Å². The molecule has 0 radical (unpaired) electrons. The van der Waals surface area contributed by atoms with Crippen LogP contribution in [-0.2, 0) is 20.9 Å². The molecule has 10 heteroatoms. The molecule has 3 amide bonds. The molecule has 1 aromatic rings. The quantitative estimate of drug-likeness (QED) is 0.611. The van der Waals surface area contributed by atoms with E-state index in [9.17, 15) is 19.2 Å². The summed E-state index contributed by atoms with van der Waals surface area (Å²) < 4.78 is 0. The van der Waals surface area contributed by atoms with Crippen LogP contribution in [0.2, 0.25) is 0 Å². The number of hydrogen-bond acceptors (Lipinski definition) is 7. The van der Waals surface area contributed by atoms with Gasteiger partial charge in [0, 0.05) is 92.4 Å². The van der Waals surface area contributed by atoms with Gasteiger partial charge in [-0.1, -0.05) is 12.1 Å². The van der Waals surface area contributed by atoms with Crippen LogP contribution in [-0.4, -0.2) is 124 Å². The van der Waals surface area contributed by atoms with Crippen molar-refractivity contribution >= 4 is 23.5 Å². The first-order valence-electron chi connectivity index (χ1n) is 12.7. The first-order valence-corrected chi connectivity index (χ1v) is 12.7. The second-order valence-electron chi connectivity index (χ2n) is 9.38. The summed E-state index contributed by atoms with van der Waals surface area (Å²) in [7, 11) is 7.50. The van der Waals surface area contributed by atoms with Crippen molar-refractivity contribution in [3.8, 4) is 0 Å². The number of likely N-dealkylation sites (N-methyl/N-ethyl adjacent to an activating group) is 2. The van der Waals surface area contributed by atoms with E-state index in [0.717, 1.165) is 64.5 Å². The van der Waals surface area contributed by atoms with Gasteiger partial charge in [0.05, 0.1) is 0 Å². The predicted octanol–water partition coefficient (Wildman–Crippen LogP) is 0.922. The Morgan fingerprint density at radius 2 is 1.11 bits per heavy atom. The molecule has 37 heavy (non-hydrogen) atoms. The first kappa shape index (κ1) is 34.2. The highest BCUT2D eigenvalue weighted by Gasteiger charge is 2.15. The summed E-state index contributed by atoms with van der Waals surface area (Å²) in [5, 5.41) is 5.02. The number of ketones is 1. The van der Waals surface area contributed by atoms with Crippen LogP contribution in [0.25, 0.3) is 0 Å². The number of hydrogen-bond donors (Lipinski definition) is 2. The van der Waals surface area contributed by atoms with E-state index in [1.807, 2.05) is 29.2 Å². The molecule has 0 aromatic heterocycles. The molecule has 0 aliphatic carbocycles. The van der Waals surface area contributed by atoms with Crippen LogP contribution in [0.15, 0.2) is 24.3 Å². The minimum Gasteiger partial charge on any atom is -0.359 e. The Kier molecular flexibility index (Phi) is 17.8. The van der Waals surface area contributed by atoms with Gasteiger partial charge in [0.25, 0.3) is 5.91 Å². The SMILES string of the molecule is CC(=O)N1CCN(C)CC1.CC(C)=O.CNC(=O)c1ccc(CN2CCN(C)CC2)cc1.CNC(C)=O. The van der Waals surface area contributed by atoms with Gasteiger partial charge < -0.3 is 30.1 Å². The van der Waals surface area contributed by atoms with E-state index in [2.05, 4.69) is 39.4 Å². The van der Waals surface area contributed by atoms with Crippen LogP contribution in [0.3, 0.4) is 0 Å². The predicted molar refractivity (Wildman–Crippen MR) is 148 cm³/mol. The second kappa shape index (κ2) is 19.3. The van der Waals surface area contributed by atoms with Crippen LogP contribution in [0.1, 0.15) is 43.6 Å². The molecule has 10 nitrogen and oxygen atoms in total. The third-order valence-electron chi connectivity index (χ3n) is 5.75. The van der Waals surface area contributed by atoms with Gasteiger partial charge in [-0.3, -0.25) is 19.3 Å². The summed E-state index contributed by atoms with van der Waals surface area (Å²) in [6.45, 7) is 15.5. The summed E-state index contributed by atoms with van der Waals surface area (Å²) >= 11 is 0. The maximum absolute atomic E-state index is 11.4. The molecule has 2 saturated heterocycles. The Morgan fingerprint density at radius 1 is 0.703 bits per heavy atom. The van der Waals surface area contributed by atoms with Crippen molar-refractivity contribution in [1.82, 2.24) is 30.2 Å². The highest BCUT2D eigenvalue weighted by molar-refractivity contribution is 5.93. The smallest absolute Gasteiger partial charge is 0.251 e. The largest absolute Gasteiger partial charge is 0.359 e. The van der Waals surface area contributed by atoms with Crippen LogP contribution >= 0.6 is 0 Å². The van der Waals surface area contributed by atoms with E-state index in [0.29, 0.717) is 0 Å². The van der Waals surface area contributed by atoms with E-state index in [1.54, 1.807) is 21.0 Å². The number of benzene rings is 1. The highest BCUT2D eigenvalue weighted by atomic mass is 16.2. The third kappa shape index (κ3) is 17.3. The number of amides is 3. The number of carbonyl (C=O) groups is 4. The zero-order valence-corrected chi connectivity index (χ0v) is 24.1. The van der Waals surface area contributed by atoms with Gasteiger partial charge in [-0.25, -0.2) is 0 Å². The van der Waals surface area contributed by atoms with Gasteiger partial charge in [-0.05, 0) is 45.6 Å². The van der Waals surface area contributed by atoms with Crippen molar-refractivity contribution in [2.45, 2.75) is 34.2 Å². The zero-order chi connectivity index (χ0) is 28.4. The van der Waals surface area contributed by atoms with Crippen LogP contribution in [0, 0.1) is 0 Å². The molecule has 2 heterocycles. The van der Waals surface area contributed by atoms with Gasteiger partial charge in [0.1, 0.15) is 5.78 Å². The summed E-state index contributed by atoms with van der Waals surface area (Å²) in [5.41, 5.74) is 1.99. The standard InChI is InChI=1S/C14H21N3O.C7H14N2O.C3H7NO.C3H6O/c1-15-14(18)13-5-3-12(4-6-13)11-17-9-7-16(2)8-10-17;1-7(10)9-5-3-8(2)4-6-9;1-3(5)4-2;1-3(2)4/h3-6H,7-11H2,1-2H3,(H,15,18);3-6H2,1-2H3;1-2H3,(H,4,5);1-2H3. The number of piperazine rings is 2. The molecule has 2 N–H and O–H groups in total. The lowest BCUT2D eigenvalue weighted by atomic mass is 10.1. The minimum atomic E-state index is -0.0267. The molecular weight excluding hydrogens is 472 g/mol. The number of nitrogens with zero attached hydrogens (tertiary/aromatic N) is 4. The number of carbonyl (C=O) groups excluding carboxylic acids is 4. The van der Waals surface area contributed by atoms with E-state index < -0.39 is 0 Å². The Bertz CT molecular complexity index is 811. The number of nitrogens with one attached hydrogen (secondary N) is 2. The van der Waals surface area contributed by atoms with Crippen molar-refractivity contribution in [2.24, 2.45) is 0 Å². The molecule has 2 fully saturated rings. The molecule has 0 saturated carbocycles. The van der Waals surface area contributed by atoms with Gasteiger partial charge in [0.2, 0.25) is 11.8 Å². The third-order valence-corrected chi connectivity index (χ3v) is 5.75. The summed E-state index contributed by atoms with van der Waals surface area (Å²) in [6.07, 6.45) is 0. The maximum Gasteiger partial charge on any atom is 0.251 e. The monoisotopic (exact) mass is 520 g/mol. The molecule has 210 valence electrons. The Balaban J connectivity index is 0.000000571. The molecule has 2 aliphatic heterocycles. The topological polar surface area (TPSA) is 105 Å². The van der Waals surface area contributed by atoms with Gasteiger partial charge >= 0.3 is 0 Å². The van der Waals surface area contributed by atoms with Crippen molar-refractivity contribution in [2.75, 3.05) is 80.5 Å². The fourth-order valence-corrected chi connectivity index (χ4v) is 3.29. The molecule has 3 rings (SSSR count). The summed E-state index contributed by atoms with van der Waals surface area (Å²) in [6, 6.07) is 7.88. The molecule has 0 atom stereocenters. The molecule has 2 aliphatic rings. The summed E-state index contributed by atoms with van der Waals surface area (Å²) in [4.78, 5) is 50.3. The van der Waals surface area contributed by atoms with E-state index in [-0.39, 0.29) is 23.5 Å². The van der Waals surface area contributed by atoms with Crippen molar-refractivity contribution in [3.63, 3.8) is 0 Å². The van der Waals surface area contributed by atoms with E-state index >= 15 is 0 Å². The lowest BCUT2D eigenvalue weighted by molar-refractivity contribution is -0.130. The Hall–Kier alpha value is -2.82. The average molecular weight is 521 g/mol. The van der Waals surface area contributed by atoms with Crippen molar-refractivity contribution in [3.05, 3.63) is 35.4 Å². The zero-order valence-electron chi connectivity index (χ0n) is 24.1. The second-order valence-corrected chi connectivity index (χ2v) is 9.38. The van der Waals surface area contributed by atoms with Gasteiger partial charge in [0.15, 0.2) is 0 Å². The Labute approximate surface area is 223 Å². The van der Waals surface area contributed by atoms with E-state index in [1.165, 1.54) is 26.3 Å². The first-order chi connectivity index (χ1) is 17.4. The normalized spacial score (nSPS) is 15.9. The molecule has 1 aromatic carbocycles. The van der Waals surface area contributed by atoms with Crippen molar-refractivity contribution in [1.29, 1.82) is 0 Å². The highest BCUT2D eigenvalue weighted by Crippen LogP contribution is 2.09. The molecule has 0 spiro atoms. The van der Waals surface area contributed by atoms with Crippen LogP contribution in [0.4, 0.5) is 0 Å². The van der Waals surface area contributed by atoms with Crippen LogP contribution in [0.5, 0.6) is 0 Å². The van der Waals surface area contributed by atoms with Gasteiger partial charge in [-0.15, -0.1) is 0 Å². The number of rotatable bonds is 3. The minimum absolute atomic E-state index is 0.00463.